The highest BCUT2D eigenvalue weighted by molar-refractivity contribution is 5.85. The molecule has 6 nitrogen and oxygen atoms in total. The van der Waals surface area contributed by atoms with Gasteiger partial charge in [0.2, 0.25) is 5.82 Å². The van der Waals surface area contributed by atoms with Gasteiger partial charge in [0.15, 0.2) is 5.65 Å². The first-order valence-corrected chi connectivity index (χ1v) is 3.44. The Labute approximate surface area is 72.3 Å². The lowest BCUT2D eigenvalue weighted by molar-refractivity contribution is 0.0684. The maximum atomic E-state index is 10.5. The van der Waals surface area contributed by atoms with Crippen LogP contribution in [0.3, 0.4) is 0 Å². The molecule has 0 saturated carbocycles. The predicted octanol–water partition coefficient (Wildman–Crippen LogP) is 0.118. The Kier molecular flexibility index (Phi) is 1.59. The van der Waals surface area contributed by atoms with Crippen LogP contribution in [0.1, 0.15) is 10.6 Å². The summed E-state index contributed by atoms with van der Waals surface area (Å²) in [6.07, 6.45) is 4.27. The Bertz CT molecular complexity index is 471. The van der Waals surface area contributed by atoms with Crippen molar-refractivity contribution in [2.45, 2.75) is 0 Å². The maximum absolute atomic E-state index is 10.5. The van der Waals surface area contributed by atoms with E-state index in [9.17, 15) is 4.79 Å². The van der Waals surface area contributed by atoms with Gasteiger partial charge in [0.05, 0.1) is 6.20 Å². The summed E-state index contributed by atoms with van der Waals surface area (Å²) in [5.41, 5.74) is 0.766. The Hall–Kier alpha value is -2.11. The predicted molar refractivity (Wildman–Crippen MR) is 42.1 cm³/mol. The van der Waals surface area contributed by atoms with Gasteiger partial charge in [0.25, 0.3) is 0 Å². The summed E-state index contributed by atoms with van der Waals surface area (Å²) < 4.78 is 0. The van der Waals surface area contributed by atoms with E-state index in [4.69, 9.17) is 5.11 Å². The third kappa shape index (κ3) is 1.28. The van der Waals surface area contributed by atoms with Crippen molar-refractivity contribution in [1.29, 1.82) is 0 Å². The number of carboxylic acid groups (broad SMARTS) is 1. The van der Waals surface area contributed by atoms with E-state index in [-0.39, 0.29) is 11.5 Å². The van der Waals surface area contributed by atoms with Gasteiger partial charge in [-0.1, -0.05) is 0 Å². The van der Waals surface area contributed by atoms with E-state index in [1.54, 1.807) is 0 Å². The topological polar surface area (TPSA) is 88.9 Å². The van der Waals surface area contributed by atoms with Gasteiger partial charge in [-0.25, -0.2) is 24.7 Å². The molecule has 0 radical (unpaired) electrons. The monoisotopic (exact) mass is 176 g/mol. The molecule has 0 atom stereocenters. The zero-order chi connectivity index (χ0) is 9.26. The van der Waals surface area contributed by atoms with E-state index in [1.165, 1.54) is 18.6 Å². The third-order valence-corrected chi connectivity index (χ3v) is 1.42. The molecule has 64 valence electrons. The molecule has 0 aliphatic carbocycles. The number of carbonyl (C=O) groups is 1. The van der Waals surface area contributed by atoms with Gasteiger partial charge in [0, 0.05) is 12.4 Å². The molecule has 0 aromatic carbocycles. The first-order chi connectivity index (χ1) is 6.27. The van der Waals surface area contributed by atoms with E-state index in [0.717, 1.165) is 0 Å². The SMILES string of the molecule is O=C(O)c1ncc2nccnc2n1. The zero-order valence-corrected chi connectivity index (χ0v) is 6.38. The molecule has 2 rings (SSSR count). The average Bonchev–Trinajstić information content (AvgIpc) is 2.17. The van der Waals surface area contributed by atoms with Gasteiger partial charge in [-0.2, -0.15) is 0 Å². The molecular weight excluding hydrogens is 172 g/mol. The lowest BCUT2D eigenvalue weighted by Gasteiger charge is -1.94. The van der Waals surface area contributed by atoms with Crippen LogP contribution in [0.25, 0.3) is 11.2 Å². The second kappa shape index (κ2) is 2.74. The molecule has 2 aromatic heterocycles. The van der Waals surface area contributed by atoms with Crippen molar-refractivity contribution in [1.82, 2.24) is 19.9 Å². The number of hydrogen-bond donors (Lipinski definition) is 1. The lowest BCUT2D eigenvalue weighted by Crippen LogP contribution is -2.04. The van der Waals surface area contributed by atoms with Crippen LogP contribution in [0.2, 0.25) is 0 Å². The van der Waals surface area contributed by atoms with Gasteiger partial charge < -0.3 is 5.11 Å². The summed E-state index contributed by atoms with van der Waals surface area (Å²) in [5, 5.41) is 8.57. The first-order valence-electron chi connectivity index (χ1n) is 3.44. The summed E-state index contributed by atoms with van der Waals surface area (Å²) in [6, 6.07) is 0. The highest BCUT2D eigenvalue weighted by Gasteiger charge is 2.07. The van der Waals surface area contributed by atoms with Crippen LogP contribution in [-0.4, -0.2) is 31.0 Å². The quantitative estimate of drug-likeness (QED) is 0.663. The number of rotatable bonds is 1. The standard InChI is InChI=1S/C7H4N4O2/c12-7(13)6-10-3-4-5(11-6)9-2-1-8-4/h1-3H,(H,12,13). The number of fused-ring (bicyclic) bond motifs is 1. The van der Waals surface area contributed by atoms with Crippen LogP contribution in [-0.2, 0) is 0 Å². The van der Waals surface area contributed by atoms with Crippen LogP contribution < -0.4 is 0 Å². The molecule has 2 aromatic rings. The van der Waals surface area contributed by atoms with E-state index >= 15 is 0 Å². The van der Waals surface area contributed by atoms with Crippen LogP contribution in [0.5, 0.6) is 0 Å². The average molecular weight is 176 g/mol. The van der Waals surface area contributed by atoms with Crippen molar-refractivity contribution in [3.8, 4) is 0 Å². The molecule has 6 heteroatoms. The number of aromatic nitrogens is 4. The van der Waals surface area contributed by atoms with Crippen molar-refractivity contribution >= 4 is 17.1 Å². The second-order valence-corrected chi connectivity index (χ2v) is 2.26. The maximum Gasteiger partial charge on any atom is 0.374 e. The fourth-order valence-electron chi connectivity index (χ4n) is 0.873. The Morgan fingerprint density at radius 3 is 2.77 bits per heavy atom. The van der Waals surface area contributed by atoms with Gasteiger partial charge in [-0.05, 0) is 0 Å². The molecule has 2 heterocycles. The molecule has 0 saturated heterocycles. The van der Waals surface area contributed by atoms with Gasteiger partial charge >= 0.3 is 5.97 Å². The molecule has 1 N–H and O–H groups in total. The molecule has 0 fully saturated rings. The lowest BCUT2D eigenvalue weighted by atomic mass is 10.5. The van der Waals surface area contributed by atoms with E-state index in [0.29, 0.717) is 5.52 Å². The van der Waals surface area contributed by atoms with Crippen molar-refractivity contribution in [3.63, 3.8) is 0 Å². The molecule has 0 aliphatic heterocycles. The van der Waals surface area contributed by atoms with E-state index in [2.05, 4.69) is 19.9 Å². The Balaban J connectivity index is 2.69. The zero-order valence-electron chi connectivity index (χ0n) is 6.38. The highest BCUT2D eigenvalue weighted by atomic mass is 16.4. The van der Waals surface area contributed by atoms with Gasteiger partial charge in [0.1, 0.15) is 5.52 Å². The van der Waals surface area contributed by atoms with Crippen LogP contribution in [0.4, 0.5) is 0 Å². The van der Waals surface area contributed by atoms with E-state index < -0.39 is 5.97 Å². The number of carboxylic acids is 1. The molecule has 13 heavy (non-hydrogen) atoms. The summed E-state index contributed by atoms with van der Waals surface area (Å²) in [5.74, 6) is -1.44. The minimum atomic E-state index is -1.17. The van der Waals surface area contributed by atoms with Gasteiger partial charge in [-0.3, -0.25) is 0 Å². The van der Waals surface area contributed by atoms with Crippen LogP contribution in [0, 0.1) is 0 Å². The summed E-state index contributed by atoms with van der Waals surface area (Å²) in [6.45, 7) is 0. The number of hydrogen-bond acceptors (Lipinski definition) is 5. The molecule has 0 aliphatic rings. The fraction of sp³-hybridized carbons (Fsp3) is 0. The number of aromatic carboxylic acids is 1. The summed E-state index contributed by atoms with van der Waals surface area (Å²) in [7, 11) is 0. The first kappa shape index (κ1) is 7.53. The number of nitrogens with zero attached hydrogens (tertiary/aromatic N) is 4. The van der Waals surface area contributed by atoms with Crippen LogP contribution >= 0.6 is 0 Å². The molecule has 0 spiro atoms. The molecular formula is C7H4N4O2. The minimum Gasteiger partial charge on any atom is -0.475 e. The summed E-state index contributed by atoms with van der Waals surface area (Å²) >= 11 is 0. The van der Waals surface area contributed by atoms with E-state index in [1.807, 2.05) is 0 Å². The Morgan fingerprint density at radius 2 is 2.00 bits per heavy atom. The van der Waals surface area contributed by atoms with Crippen LogP contribution in [0.15, 0.2) is 18.6 Å². The smallest absolute Gasteiger partial charge is 0.374 e. The largest absolute Gasteiger partial charge is 0.475 e. The Morgan fingerprint density at radius 1 is 1.23 bits per heavy atom. The highest BCUT2D eigenvalue weighted by Crippen LogP contribution is 2.02. The summed E-state index contributed by atoms with van der Waals surface area (Å²) in [4.78, 5) is 25.5. The van der Waals surface area contributed by atoms with Crippen molar-refractivity contribution in [2.75, 3.05) is 0 Å². The molecule has 0 amide bonds. The van der Waals surface area contributed by atoms with Crippen molar-refractivity contribution in [2.24, 2.45) is 0 Å². The molecule has 0 unspecified atom stereocenters. The molecule has 0 bridgehead atoms. The van der Waals surface area contributed by atoms with Crippen molar-refractivity contribution < 1.29 is 9.90 Å². The third-order valence-electron chi connectivity index (χ3n) is 1.42. The fourth-order valence-corrected chi connectivity index (χ4v) is 0.873. The van der Waals surface area contributed by atoms with Crippen molar-refractivity contribution in [3.05, 3.63) is 24.4 Å². The second-order valence-electron chi connectivity index (χ2n) is 2.26. The minimum absolute atomic E-state index is 0.270. The van der Waals surface area contributed by atoms with Gasteiger partial charge in [-0.15, -0.1) is 0 Å². The normalized spacial score (nSPS) is 10.2.